The Morgan fingerprint density at radius 1 is 1.52 bits per heavy atom. The molecule has 2 aliphatic heterocycles. The molecular formula is C16H21NO4. The molecule has 0 unspecified atom stereocenters. The van der Waals surface area contributed by atoms with Crippen molar-refractivity contribution in [2.24, 2.45) is 5.41 Å². The lowest BCUT2D eigenvalue weighted by Crippen LogP contribution is -2.45. The summed E-state index contributed by atoms with van der Waals surface area (Å²) < 4.78 is 11.1. The summed E-state index contributed by atoms with van der Waals surface area (Å²) in [6.07, 6.45) is 0. The van der Waals surface area contributed by atoms with Crippen molar-refractivity contribution in [1.29, 1.82) is 0 Å². The molecule has 0 saturated carbocycles. The third-order valence-electron chi connectivity index (χ3n) is 4.58. The number of carbonyl (C=O) groups is 1. The van der Waals surface area contributed by atoms with Gasteiger partial charge in [0, 0.05) is 32.2 Å². The Kier molecular flexibility index (Phi) is 3.87. The van der Waals surface area contributed by atoms with Gasteiger partial charge in [-0.2, -0.15) is 0 Å². The number of rotatable bonds is 5. The lowest BCUT2D eigenvalue weighted by atomic mass is 9.73. The van der Waals surface area contributed by atoms with Crippen molar-refractivity contribution < 1.29 is 19.4 Å². The Hall–Kier alpha value is -1.59. The van der Waals surface area contributed by atoms with Gasteiger partial charge in [0.15, 0.2) is 0 Å². The van der Waals surface area contributed by atoms with E-state index in [0.717, 1.165) is 24.4 Å². The van der Waals surface area contributed by atoms with Crippen LogP contribution in [-0.2, 0) is 9.53 Å². The second kappa shape index (κ2) is 5.66. The number of hydrogen-bond acceptors (Lipinski definition) is 4. The molecule has 0 aliphatic carbocycles. The van der Waals surface area contributed by atoms with E-state index < -0.39 is 11.4 Å². The van der Waals surface area contributed by atoms with Gasteiger partial charge in [0.05, 0.1) is 6.61 Å². The molecule has 21 heavy (non-hydrogen) atoms. The normalized spacial score (nSPS) is 27.8. The number of hydrogen-bond donors (Lipinski definition) is 1. The number of para-hydroxylation sites is 1. The van der Waals surface area contributed by atoms with Crippen molar-refractivity contribution in [2.45, 2.75) is 12.8 Å². The molecule has 0 radical (unpaired) electrons. The molecule has 114 valence electrons. The number of carboxylic acids is 1. The van der Waals surface area contributed by atoms with Gasteiger partial charge in [-0.25, -0.2) is 0 Å². The summed E-state index contributed by atoms with van der Waals surface area (Å²) in [5.41, 5.74) is 0.186. The summed E-state index contributed by atoms with van der Waals surface area (Å²) in [6.45, 7) is 5.58. The molecule has 5 heteroatoms. The van der Waals surface area contributed by atoms with Crippen LogP contribution in [0.25, 0.3) is 0 Å². The van der Waals surface area contributed by atoms with E-state index in [9.17, 15) is 9.90 Å². The molecule has 1 saturated heterocycles. The van der Waals surface area contributed by atoms with Crippen molar-refractivity contribution in [1.82, 2.24) is 4.90 Å². The van der Waals surface area contributed by atoms with E-state index in [2.05, 4.69) is 4.90 Å². The Bertz CT molecular complexity index is 533. The van der Waals surface area contributed by atoms with Gasteiger partial charge in [-0.3, -0.25) is 9.69 Å². The fourth-order valence-electron chi connectivity index (χ4n) is 3.44. The van der Waals surface area contributed by atoms with E-state index >= 15 is 0 Å². The molecule has 0 aromatic heterocycles. The fraction of sp³-hybridized carbons (Fsp3) is 0.562. The molecular weight excluding hydrogens is 270 g/mol. The van der Waals surface area contributed by atoms with Crippen LogP contribution in [0.4, 0.5) is 0 Å². The Morgan fingerprint density at radius 3 is 3.10 bits per heavy atom. The number of nitrogens with zero attached hydrogens (tertiary/aromatic N) is 1. The lowest BCUT2D eigenvalue weighted by Gasteiger charge is -2.35. The lowest BCUT2D eigenvalue weighted by molar-refractivity contribution is -0.151. The average molecular weight is 291 g/mol. The monoisotopic (exact) mass is 291 g/mol. The molecule has 1 aromatic rings. The van der Waals surface area contributed by atoms with Gasteiger partial charge in [0.1, 0.15) is 17.8 Å². The van der Waals surface area contributed by atoms with Crippen LogP contribution in [0.15, 0.2) is 24.3 Å². The Labute approximate surface area is 124 Å². The van der Waals surface area contributed by atoms with Gasteiger partial charge >= 0.3 is 5.97 Å². The van der Waals surface area contributed by atoms with Crippen LogP contribution in [0.2, 0.25) is 0 Å². The highest BCUT2D eigenvalue weighted by Crippen LogP contribution is 2.49. The first-order valence-corrected chi connectivity index (χ1v) is 7.42. The van der Waals surface area contributed by atoms with E-state index in [4.69, 9.17) is 9.47 Å². The molecule has 3 rings (SSSR count). The zero-order valence-corrected chi connectivity index (χ0v) is 12.2. The molecule has 2 heterocycles. The highest BCUT2D eigenvalue weighted by Gasteiger charge is 2.56. The topological polar surface area (TPSA) is 59.0 Å². The van der Waals surface area contributed by atoms with E-state index in [0.29, 0.717) is 19.8 Å². The number of likely N-dealkylation sites (tertiary alicyclic amines) is 1. The molecule has 1 aromatic carbocycles. The van der Waals surface area contributed by atoms with Gasteiger partial charge < -0.3 is 14.6 Å². The maximum atomic E-state index is 11.9. The molecule has 0 bridgehead atoms. The van der Waals surface area contributed by atoms with Crippen LogP contribution in [0.5, 0.6) is 5.75 Å². The van der Waals surface area contributed by atoms with Crippen molar-refractivity contribution in [3.05, 3.63) is 29.8 Å². The van der Waals surface area contributed by atoms with Crippen LogP contribution >= 0.6 is 0 Å². The third kappa shape index (κ3) is 2.40. The maximum absolute atomic E-state index is 11.9. The minimum atomic E-state index is -0.833. The summed E-state index contributed by atoms with van der Waals surface area (Å²) in [6, 6.07) is 7.78. The molecule has 1 N–H and O–H groups in total. The zero-order chi connectivity index (χ0) is 14.9. The van der Waals surface area contributed by atoms with Crippen LogP contribution in [0.3, 0.4) is 0 Å². The Balaban J connectivity index is 1.85. The van der Waals surface area contributed by atoms with Gasteiger partial charge in [0.25, 0.3) is 0 Å². The minimum absolute atomic E-state index is 0.0124. The van der Waals surface area contributed by atoms with Crippen LogP contribution in [0, 0.1) is 5.41 Å². The predicted molar refractivity (Wildman–Crippen MR) is 77.7 cm³/mol. The third-order valence-corrected chi connectivity index (χ3v) is 4.58. The highest BCUT2D eigenvalue weighted by atomic mass is 16.5. The number of fused-ring (bicyclic) bond motifs is 3. The molecule has 0 amide bonds. The van der Waals surface area contributed by atoms with E-state index in [1.54, 1.807) is 0 Å². The number of ether oxygens (including phenoxy) is 2. The summed E-state index contributed by atoms with van der Waals surface area (Å²) in [5.74, 6) is 0.0496. The summed E-state index contributed by atoms with van der Waals surface area (Å²) in [4.78, 5) is 14.1. The van der Waals surface area contributed by atoms with Crippen molar-refractivity contribution in [2.75, 3.05) is 39.5 Å². The summed E-state index contributed by atoms with van der Waals surface area (Å²) >= 11 is 0. The van der Waals surface area contributed by atoms with Gasteiger partial charge in [-0.15, -0.1) is 0 Å². The van der Waals surface area contributed by atoms with Gasteiger partial charge in [-0.1, -0.05) is 18.2 Å². The number of benzene rings is 1. The number of carboxylic acid groups (broad SMARTS) is 1. The first-order chi connectivity index (χ1) is 10.2. The zero-order valence-electron chi connectivity index (χ0n) is 12.2. The van der Waals surface area contributed by atoms with Crippen molar-refractivity contribution in [3.63, 3.8) is 0 Å². The number of aliphatic carboxylic acids is 1. The maximum Gasteiger partial charge on any atom is 0.315 e. The second-order valence-electron chi connectivity index (χ2n) is 5.77. The quantitative estimate of drug-likeness (QED) is 0.835. The molecule has 5 nitrogen and oxygen atoms in total. The molecule has 2 aliphatic rings. The summed E-state index contributed by atoms with van der Waals surface area (Å²) in [5, 5.41) is 9.78. The smallest absolute Gasteiger partial charge is 0.315 e. The Morgan fingerprint density at radius 2 is 2.33 bits per heavy atom. The van der Waals surface area contributed by atoms with Crippen molar-refractivity contribution >= 4 is 5.97 Å². The standard InChI is InChI=1S/C16H21NO4/c1-2-20-8-7-17-9-13-12-5-3-4-6-14(12)21-11-16(13,10-17)15(18)19/h3-6,13H,2,7-11H2,1H3,(H,18,19)/t13-,16-/m1/s1. The van der Waals surface area contributed by atoms with E-state index in [1.165, 1.54) is 0 Å². The largest absolute Gasteiger partial charge is 0.492 e. The van der Waals surface area contributed by atoms with Crippen molar-refractivity contribution in [3.8, 4) is 5.75 Å². The highest BCUT2D eigenvalue weighted by molar-refractivity contribution is 5.78. The first kappa shape index (κ1) is 14.4. The molecule has 2 atom stereocenters. The van der Waals surface area contributed by atoms with Crippen LogP contribution in [-0.4, -0.2) is 55.4 Å². The molecule has 0 spiro atoms. The van der Waals surface area contributed by atoms with Crippen LogP contribution in [0.1, 0.15) is 18.4 Å². The second-order valence-corrected chi connectivity index (χ2v) is 5.77. The SMILES string of the molecule is CCOCCN1C[C@@H]2c3ccccc3OC[C@]2(C(=O)O)C1. The first-order valence-electron chi connectivity index (χ1n) is 7.42. The predicted octanol–water partition coefficient (Wildman–Crippen LogP) is 1.59. The fourth-order valence-corrected chi connectivity index (χ4v) is 3.44. The minimum Gasteiger partial charge on any atom is -0.492 e. The van der Waals surface area contributed by atoms with E-state index in [1.807, 2.05) is 31.2 Å². The van der Waals surface area contributed by atoms with Crippen LogP contribution < -0.4 is 4.74 Å². The van der Waals surface area contributed by atoms with Gasteiger partial charge in [0.2, 0.25) is 0 Å². The average Bonchev–Trinajstić information content (AvgIpc) is 2.88. The summed E-state index contributed by atoms with van der Waals surface area (Å²) in [7, 11) is 0. The molecule has 1 fully saturated rings. The van der Waals surface area contributed by atoms with E-state index in [-0.39, 0.29) is 12.5 Å². The van der Waals surface area contributed by atoms with Gasteiger partial charge in [-0.05, 0) is 18.6 Å².